The molecular weight excluding hydrogens is 348 g/mol. The minimum Gasteiger partial charge on any atom is -0.496 e. The third kappa shape index (κ3) is 2.53. The molecule has 11 heteroatoms. The summed E-state index contributed by atoms with van der Waals surface area (Å²) in [5.74, 6) is -3.34. The fraction of sp³-hybridized carbons (Fsp3) is 0.333. The van der Waals surface area contributed by atoms with E-state index in [0.29, 0.717) is 4.90 Å². The number of imide groups is 1. The monoisotopic (exact) mass is 362 g/mol. The number of rotatable bonds is 5. The number of hydrazone groups is 1. The van der Waals surface area contributed by atoms with E-state index in [1.54, 1.807) is 6.92 Å². The van der Waals surface area contributed by atoms with E-state index in [0.717, 1.165) is 6.07 Å². The predicted molar refractivity (Wildman–Crippen MR) is 86.6 cm³/mol. The van der Waals surface area contributed by atoms with Crippen LogP contribution in [0.25, 0.3) is 0 Å². The number of ether oxygens (including phenoxy) is 2. The Labute approximate surface area is 146 Å². The Morgan fingerprint density at radius 2 is 2.12 bits per heavy atom. The zero-order valence-electron chi connectivity index (χ0n) is 13.8. The third-order valence-corrected chi connectivity index (χ3v) is 4.03. The summed E-state index contributed by atoms with van der Waals surface area (Å²) in [7, 11) is 1.33. The maximum absolute atomic E-state index is 12.8. The number of nitro benzene ring substituents is 1. The molecule has 0 radical (unpaired) electrons. The van der Waals surface area contributed by atoms with E-state index >= 15 is 0 Å². The average molecular weight is 362 g/mol. The summed E-state index contributed by atoms with van der Waals surface area (Å²) in [5.41, 5.74) is 1.54. The second kappa shape index (κ2) is 6.43. The Kier molecular flexibility index (Phi) is 4.28. The summed E-state index contributed by atoms with van der Waals surface area (Å²) in [6.07, 6.45) is 0. The molecule has 3 rings (SSSR count). The van der Waals surface area contributed by atoms with Gasteiger partial charge < -0.3 is 9.47 Å². The molecule has 0 aliphatic carbocycles. The van der Waals surface area contributed by atoms with Gasteiger partial charge in [0.1, 0.15) is 23.4 Å². The molecule has 1 fully saturated rings. The van der Waals surface area contributed by atoms with Gasteiger partial charge >= 0.3 is 5.97 Å². The molecule has 11 nitrogen and oxygen atoms in total. The minimum absolute atomic E-state index is 0.0744. The zero-order valence-corrected chi connectivity index (χ0v) is 13.8. The first-order valence-electron chi connectivity index (χ1n) is 7.61. The maximum Gasteiger partial charge on any atom is 0.355 e. The average Bonchev–Trinajstić information content (AvgIpc) is 3.15. The lowest BCUT2D eigenvalue weighted by Gasteiger charge is -2.16. The zero-order chi connectivity index (χ0) is 19.0. The smallest absolute Gasteiger partial charge is 0.355 e. The van der Waals surface area contributed by atoms with E-state index in [-0.39, 0.29) is 23.8 Å². The molecule has 26 heavy (non-hydrogen) atoms. The second-order valence-electron chi connectivity index (χ2n) is 5.43. The fourth-order valence-electron chi connectivity index (χ4n) is 2.87. The van der Waals surface area contributed by atoms with Gasteiger partial charge in [-0.05, 0) is 19.1 Å². The van der Waals surface area contributed by atoms with Gasteiger partial charge in [-0.25, -0.2) is 9.69 Å². The van der Waals surface area contributed by atoms with Crippen LogP contribution in [-0.2, 0) is 19.1 Å². The van der Waals surface area contributed by atoms with Crippen molar-refractivity contribution in [3.63, 3.8) is 0 Å². The van der Waals surface area contributed by atoms with Gasteiger partial charge in [0, 0.05) is 0 Å². The van der Waals surface area contributed by atoms with Gasteiger partial charge in [-0.15, -0.1) is 0 Å². The van der Waals surface area contributed by atoms with Crippen LogP contribution < -0.4 is 15.1 Å². The number of hydrogen-bond donors (Lipinski definition) is 1. The van der Waals surface area contributed by atoms with Crippen molar-refractivity contribution in [2.24, 2.45) is 11.0 Å². The van der Waals surface area contributed by atoms with Gasteiger partial charge in [0.15, 0.2) is 5.71 Å². The first-order chi connectivity index (χ1) is 12.4. The first-order valence-corrected chi connectivity index (χ1v) is 7.61. The van der Waals surface area contributed by atoms with Crippen molar-refractivity contribution < 1.29 is 28.8 Å². The van der Waals surface area contributed by atoms with Gasteiger partial charge in [-0.2, -0.15) is 5.10 Å². The number of anilines is 1. The molecule has 1 N–H and O–H groups in total. The summed E-state index contributed by atoms with van der Waals surface area (Å²) in [6, 6.07) is 2.64. The van der Waals surface area contributed by atoms with Crippen molar-refractivity contribution >= 4 is 34.9 Å². The molecule has 2 aliphatic heterocycles. The van der Waals surface area contributed by atoms with Crippen LogP contribution in [0.15, 0.2) is 23.3 Å². The van der Waals surface area contributed by atoms with Crippen LogP contribution in [0.4, 0.5) is 11.4 Å². The Morgan fingerprint density at radius 3 is 2.73 bits per heavy atom. The number of carbonyl (C=O) groups excluding carboxylic acids is 3. The van der Waals surface area contributed by atoms with Crippen LogP contribution in [0.5, 0.6) is 5.75 Å². The number of nitro groups is 1. The Bertz CT molecular complexity index is 850. The predicted octanol–water partition coefficient (Wildman–Crippen LogP) is -0.0163. The topological polar surface area (TPSA) is 140 Å². The van der Waals surface area contributed by atoms with E-state index in [1.807, 2.05) is 0 Å². The van der Waals surface area contributed by atoms with Gasteiger partial charge in [-0.3, -0.25) is 25.1 Å². The minimum atomic E-state index is -1.19. The molecule has 2 atom stereocenters. The number of amides is 2. The van der Waals surface area contributed by atoms with Crippen LogP contribution in [0.3, 0.4) is 0 Å². The van der Waals surface area contributed by atoms with Gasteiger partial charge in [0.25, 0.3) is 11.6 Å². The van der Waals surface area contributed by atoms with Crippen molar-refractivity contribution in [3.8, 4) is 5.75 Å². The highest BCUT2D eigenvalue weighted by molar-refractivity contribution is 6.46. The number of carbonyl (C=O) groups is 3. The molecule has 0 spiro atoms. The van der Waals surface area contributed by atoms with E-state index in [4.69, 9.17) is 9.47 Å². The molecule has 136 valence electrons. The third-order valence-electron chi connectivity index (χ3n) is 4.03. The highest BCUT2D eigenvalue weighted by Gasteiger charge is 2.56. The summed E-state index contributed by atoms with van der Waals surface area (Å²) in [4.78, 5) is 48.6. The number of hydrogen-bond acceptors (Lipinski definition) is 9. The molecule has 2 aliphatic rings. The lowest BCUT2D eigenvalue weighted by Crippen LogP contribution is -2.36. The van der Waals surface area contributed by atoms with Crippen molar-refractivity contribution in [1.29, 1.82) is 0 Å². The molecule has 1 aromatic carbocycles. The second-order valence-corrected chi connectivity index (χ2v) is 5.43. The van der Waals surface area contributed by atoms with E-state index in [1.165, 1.54) is 19.2 Å². The van der Waals surface area contributed by atoms with Crippen molar-refractivity contribution in [1.82, 2.24) is 5.43 Å². The number of nitrogens with one attached hydrogen (secondary N) is 1. The van der Waals surface area contributed by atoms with Crippen molar-refractivity contribution in [3.05, 3.63) is 28.3 Å². The number of nitrogens with zero attached hydrogens (tertiary/aromatic N) is 3. The molecule has 0 saturated carbocycles. The summed E-state index contributed by atoms with van der Waals surface area (Å²) >= 11 is 0. The van der Waals surface area contributed by atoms with E-state index in [2.05, 4.69) is 10.5 Å². The van der Waals surface area contributed by atoms with E-state index < -0.39 is 40.4 Å². The van der Waals surface area contributed by atoms with E-state index in [9.17, 15) is 24.5 Å². The normalized spacial score (nSPS) is 21.2. The molecule has 0 aromatic heterocycles. The maximum atomic E-state index is 12.8. The number of esters is 1. The summed E-state index contributed by atoms with van der Waals surface area (Å²) in [5, 5.41) is 15.1. The van der Waals surface area contributed by atoms with Gasteiger partial charge in [-0.1, -0.05) is 0 Å². The highest BCUT2D eigenvalue weighted by Crippen LogP contribution is 2.37. The number of fused-ring (bicyclic) bond motifs is 1. The Hall–Kier alpha value is -3.50. The molecule has 1 aromatic rings. The van der Waals surface area contributed by atoms with Gasteiger partial charge in [0.2, 0.25) is 5.91 Å². The number of benzene rings is 1. The first kappa shape index (κ1) is 17.3. The molecular formula is C15H14N4O7. The van der Waals surface area contributed by atoms with Crippen LogP contribution in [-0.4, -0.2) is 48.2 Å². The standard InChI is InChI=1S/C15H14N4O7/c1-3-26-15(22)12-10-11(16-17-12)14(21)18(13(10)20)8-5-4-7(25-2)6-9(8)19(23)24/h4-6,10-11,16H,3H2,1-2H3/t10-,11-/m0/s1. The lowest BCUT2D eigenvalue weighted by molar-refractivity contribution is -0.384. The molecule has 2 amide bonds. The lowest BCUT2D eigenvalue weighted by atomic mass is 9.99. The summed E-state index contributed by atoms with van der Waals surface area (Å²) < 4.78 is 9.78. The Balaban J connectivity index is 2.00. The van der Waals surface area contributed by atoms with Crippen LogP contribution in [0.2, 0.25) is 0 Å². The summed E-state index contributed by atoms with van der Waals surface area (Å²) in [6.45, 7) is 1.66. The molecule has 0 bridgehead atoms. The van der Waals surface area contributed by atoms with Crippen LogP contribution >= 0.6 is 0 Å². The highest BCUT2D eigenvalue weighted by atomic mass is 16.6. The van der Waals surface area contributed by atoms with Crippen LogP contribution in [0.1, 0.15) is 6.92 Å². The number of methoxy groups -OCH3 is 1. The quantitative estimate of drug-likeness (QED) is 0.333. The molecule has 1 saturated heterocycles. The van der Waals surface area contributed by atoms with Gasteiger partial charge in [0.05, 0.1) is 24.7 Å². The SMILES string of the molecule is CCOC(=O)C1=NN[C@@H]2C(=O)N(c3ccc(OC)cc3[N+](=O)[O-])C(=O)[C@H]12. The largest absolute Gasteiger partial charge is 0.496 e. The fourth-order valence-corrected chi connectivity index (χ4v) is 2.87. The van der Waals surface area contributed by atoms with Crippen molar-refractivity contribution in [2.45, 2.75) is 13.0 Å². The van der Waals surface area contributed by atoms with Crippen molar-refractivity contribution in [2.75, 3.05) is 18.6 Å². The molecule has 0 unspecified atom stereocenters. The molecule has 2 heterocycles. The Morgan fingerprint density at radius 1 is 1.38 bits per heavy atom. The van der Waals surface area contributed by atoms with Crippen LogP contribution in [0, 0.1) is 16.0 Å².